The molecule has 0 fully saturated rings. The molecule has 1 heterocycles. The van der Waals surface area contributed by atoms with Gasteiger partial charge in [-0.2, -0.15) is 0 Å². The van der Waals surface area contributed by atoms with Crippen molar-refractivity contribution in [2.45, 2.75) is 13.5 Å². The van der Waals surface area contributed by atoms with Crippen molar-refractivity contribution >= 4 is 44.2 Å². The van der Waals surface area contributed by atoms with Gasteiger partial charge in [0.25, 0.3) is 5.91 Å². The predicted molar refractivity (Wildman–Crippen MR) is 113 cm³/mol. The van der Waals surface area contributed by atoms with E-state index < -0.39 is 0 Å². The van der Waals surface area contributed by atoms with Crippen LogP contribution in [0, 0.1) is 12.7 Å². The first-order valence-electron chi connectivity index (χ1n) is 8.70. The normalized spacial score (nSPS) is 11.0. The Morgan fingerprint density at radius 3 is 2.50 bits per heavy atom. The van der Waals surface area contributed by atoms with E-state index >= 15 is 0 Å². The number of anilines is 1. The first-order chi connectivity index (χ1) is 13.5. The zero-order valence-electron chi connectivity index (χ0n) is 15.0. The molecule has 0 bridgehead atoms. The van der Waals surface area contributed by atoms with E-state index in [-0.39, 0.29) is 11.7 Å². The van der Waals surface area contributed by atoms with Gasteiger partial charge in [-0.05, 0) is 54.4 Å². The van der Waals surface area contributed by atoms with Gasteiger partial charge in [0.15, 0.2) is 5.13 Å². The SMILES string of the molecule is Cc1c(Cl)ccc2sc(N(Cc3ccccc3)C(=O)c3ccc(F)cc3)nc12. The van der Waals surface area contributed by atoms with Crippen LogP contribution in [0.4, 0.5) is 9.52 Å². The number of hydrogen-bond donors (Lipinski definition) is 0. The number of fused-ring (bicyclic) bond motifs is 1. The Morgan fingerprint density at radius 1 is 1.07 bits per heavy atom. The average molecular weight is 411 g/mol. The highest BCUT2D eigenvalue weighted by molar-refractivity contribution is 7.22. The summed E-state index contributed by atoms with van der Waals surface area (Å²) in [6, 6.07) is 19.0. The Morgan fingerprint density at radius 2 is 1.79 bits per heavy atom. The molecule has 1 aromatic heterocycles. The van der Waals surface area contributed by atoms with Gasteiger partial charge in [0.1, 0.15) is 5.82 Å². The predicted octanol–water partition coefficient (Wildman–Crippen LogP) is 6.24. The van der Waals surface area contributed by atoms with Crippen molar-refractivity contribution in [1.29, 1.82) is 0 Å². The van der Waals surface area contributed by atoms with Gasteiger partial charge in [0.2, 0.25) is 0 Å². The second-order valence-corrected chi connectivity index (χ2v) is 7.82. The molecule has 0 spiro atoms. The van der Waals surface area contributed by atoms with E-state index in [0.29, 0.717) is 22.3 Å². The van der Waals surface area contributed by atoms with Gasteiger partial charge < -0.3 is 0 Å². The fourth-order valence-corrected chi connectivity index (χ4v) is 4.12. The molecule has 140 valence electrons. The summed E-state index contributed by atoms with van der Waals surface area (Å²) in [7, 11) is 0. The van der Waals surface area contributed by atoms with E-state index in [2.05, 4.69) is 0 Å². The molecule has 0 atom stereocenters. The first-order valence-corrected chi connectivity index (χ1v) is 9.89. The third-order valence-electron chi connectivity index (χ3n) is 4.49. The van der Waals surface area contributed by atoms with E-state index in [0.717, 1.165) is 21.3 Å². The fourth-order valence-electron chi connectivity index (χ4n) is 2.94. The van der Waals surface area contributed by atoms with Crippen LogP contribution in [0.3, 0.4) is 0 Å². The monoisotopic (exact) mass is 410 g/mol. The number of aromatic nitrogens is 1. The highest BCUT2D eigenvalue weighted by atomic mass is 35.5. The molecule has 1 amide bonds. The highest BCUT2D eigenvalue weighted by Gasteiger charge is 2.22. The molecule has 3 aromatic carbocycles. The number of carbonyl (C=O) groups excluding carboxylic acids is 1. The van der Waals surface area contributed by atoms with Crippen LogP contribution in [0.2, 0.25) is 5.02 Å². The van der Waals surface area contributed by atoms with Gasteiger partial charge in [0.05, 0.1) is 16.8 Å². The Balaban J connectivity index is 1.79. The number of nitrogens with zero attached hydrogens (tertiary/aromatic N) is 2. The van der Waals surface area contributed by atoms with Gasteiger partial charge in [-0.25, -0.2) is 9.37 Å². The van der Waals surface area contributed by atoms with Crippen LogP contribution in [0.15, 0.2) is 66.7 Å². The number of halogens is 2. The van der Waals surface area contributed by atoms with Gasteiger partial charge in [-0.3, -0.25) is 9.69 Å². The quantitative estimate of drug-likeness (QED) is 0.398. The number of amides is 1. The van der Waals surface area contributed by atoms with Gasteiger partial charge >= 0.3 is 0 Å². The Kier molecular flexibility index (Phi) is 5.11. The van der Waals surface area contributed by atoms with Crippen molar-refractivity contribution in [2.75, 3.05) is 4.90 Å². The van der Waals surface area contributed by atoms with Crippen LogP contribution >= 0.6 is 22.9 Å². The minimum Gasteiger partial charge on any atom is -0.279 e. The van der Waals surface area contributed by atoms with Crippen LogP contribution in [0.25, 0.3) is 10.2 Å². The van der Waals surface area contributed by atoms with Gasteiger partial charge in [0, 0.05) is 10.6 Å². The molecule has 0 aliphatic carbocycles. The fraction of sp³-hybridized carbons (Fsp3) is 0.0909. The second kappa shape index (κ2) is 7.70. The van der Waals surface area contributed by atoms with E-state index in [9.17, 15) is 9.18 Å². The molecular weight excluding hydrogens is 395 g/mol. The van der Waals surface area contributed by atoms with E-state index in [4.69, 9.17) is 16.6 Å². The van der Waals surface area contributed by atoms with Crippen molar-refractivity contribution in [2.24, 2.45) is 0 Å². The molecular formula is C22H16ClFN2OS. The molecule has 4 aromatic rings. The van der Waals surface area contributed by atoms with Gasteiger partial charge in [-0.1, -0.05) is 53.3 Å². The van der Waals surface area contributed by atoms with Crippen LogP contribution < -0.4 is 4.90 Å². The number of aryl methyl sites for hydroxylation is 1. The molecule has 3 nitrogen and oxygen atoms in total. The summed E-state index contributed by atoms with van der Waals surface area (Å²) in [5.41, 5.74) is 3.06. The molecule has 0 aliphatic rings. The van der Waals surface area contributed by atoms with E-state index in [1.807, 2.05) is 49.4 Å². The van der Waals surface area contributed by atoms with Crippen molar-refractivity contribution in [3.63, 3.8) is 0 Å². The number of hydrogen-bond acceptors (Lipinski definition) is 3. The summed E-state index contributed by atoms with van der Waals surface area (Å²) in [6.45, 7) is 2.28. The minimum absolute atomic E-state index is 0.230. The molecule has 6 heteroatoms. The molecule has 0 saturated carbocycles. The zero-order valence-corrected chi connectivity index (χ0v) is 16.6. The summed E-state index contributed by atoms with van der Waals surface area (Å²) in [4.78, 5) is 19.6. The van der Waals surface area contributed by atoms with Crippen molar-refractivity contribution in [1.82, 2.24) is 4.98 Å². The number of benzene rings is 3. The third kappa shape index (κ3) is 3.63. The lowest BCUT2D eigenvalue weighted by atomic mass is 10.1. The number of thiazole rings is 1. The Hall–Kier alpha value is -2.76. The lowest BCUT2D eigenvalue weighted by Crippen LogP contribution is -2.30. The highest BCUT2D eigenvalue weighted by Crippen LogP contribution is 2.34. The number of rotatable bonds is 4. The van der Waals surface area contributed by atoms with Crippen LogP contribution in [0.1, 0.15) is 21.5 Å². The first kappa shape index (κ1) is 18.6. The average Bonchev–Trinajstić information content (AvgIpc) is 3.15. The maximum atomic E-state index is 13.3. The minimum atomic E-state index is -0.378. The molecule has 0 saturated heterocycles. The molecule has 0 radical (unpaired) electrons. The van der Waals surface area contributed by atoms with Crippen LogP contribution in [-0.4, -0.2) is 10.9 Å². The summed E-state index contributed by atoms with van der Waals surface area (Å²) in [5.74, 6) is -0.608. The summed E-state index contributed by atoms with van der Waals surface area (Å²) in [5, 5.41) is 1.22. The summed E-state index contributed by atoms with van der Waals surface area (Å²) < 4.78 is 14.3. The molecule has 28 heavy (non-hydrogen) atoms. The zero-order chi connectivity index (χ0) is 19.7. The second-order valence-electron chi connectivity index (χ2n) is 6.40. The maximum Gasteiger partial charge on any atom is 0.260 e. The standard InChI is InChI=1S/C22H16ClFN2OS/c1-14-18(23)11-12-19-20(14)25-22(28-19)26(13-15-5-3-2-4-6-15)21(27)16-7-9-17(24)10-8-16/h2-12H,13H2,1H3. The van der Waals surface area contributed by atoms with E-state index in [1.165, 1.54) is 35.6 Å². The van der Waals surface area contributed by atoms with Crippen LogP contribution in [0.5, 0.6) is 0 Å². The topological polar surface area (TPSA) is 33.2 Å². The lowest BCUT2D eigenvalue weighted by molar-refractivity contribution is 0.0985. The number of carbonyl (C=O) groups is 1. The Labute approximate surface area is 171 Å². The van der Waals surface area contributed by atoms with E-state index in [1.54, 1.807) is 4.90 Å². The summed E-state index contributed by atoms with van der Waals surface area (Å²) >= 11 is 7.66. The van der Waals surface area contributed by atoms with Crippen LogP contribution in [-0.2, 0) is 6.54 Å². The molecule has 0 unspecified atom stereocenters. The Bertz CT molecular complexity index is 1140. The smallest absolute Gasteiger partial charge is 0.260 e. The van der Waals surface area contributed by atoms with Crippen molar-refractivity contribution in [3.8, 4) is 0 Å². The van der Waals surface area contributed by atoms with Crippen molar-refractivity contribution in [3.05, 3.63) is 94.3 Å². The molecule has 4 rings (SSSR count). The van der Waals surface area contributed by atoms with Crippen molar-refractivity contribution < 1.29 is 9.18 Å². The molecule has 0 N–H and O–H groups in total. The molecule has 0 aliphatic heterocycles. The third-order valence-corrected chi connectivity index (χ3v) is 5.94. The lowest BCUT2D eigenvalue weighted by Gasteiger charge is -2.20. The van der Waals surface area contributed by atoms with Gasteiger partial charge in [-0.15, -0.1) is 0 Å². The summed E-state index contributed by atoms with van der Waals surface area (Å²) in [6.07, 6.45) is 0. The largest absolute Gasteiger partial charge is 0.279 e. The maximum absolute atomic E-state index is 13.3.